The molecule has 0 atom stereocenters. The first-order chi connectivity index (χ1) is 15.2. The molecule has 0 bridgehead atoms. The average Bonchev–Trinajstić information content (AvgIpc) is 3.58. The van der Waals surface area contributed by atoms with Crippen LogP contribution in [0, 0.1) is 17.2 Å². The van der Waals surface area contributed by atoms with E-state index in [4.69, 9.17) is 10.00 Å². The summed E-state index contributed by atoms with van der Waals surface area (Å²) in [5.74, 6) is 1.12. The van der Waals surface area contributed by atoms with Crippen molar-refractivity contribution in [3.8, 4) is 22.9 Å². The predicted octanol–water partition coefficient (Wildman–Crippen LogP) is 3.59. The van der Waals surface area contributed by atoms with E-state index in [1.807, 2.05) is 54.7 Å². The monoisotopic (exact) mass is 410 g/mol. The van der Waals surface area contributed by atoms with E-state index in [1.54, 1.807) is 16.8 Å². The van der Waals surface area contributed by atoms with Crippen molar-refractivity contribution >= 4 is 17.5 Å². The lowest BCUT2D eigenvalue weighted by molar-refractivity contribution is -0.117. The molecule has 1 aromatic carbocycles. The van der Waals surface area contributed by atoms with Gasteiger partial charge in [-0.25, -0.2) is 9.50 Å². The third-order valence-corrected chi connectivity index (χ3v) is 5.06. The second-order valence-corrected chi connectivity index (χ2v) is 7.37. The summed E-state index contributed by atoms with van der Waals surface area (Å²) in [5.41, 5.74) is 3.81. The highest BCUT2D eigenvalue weighted by Crippen LogP contribution is 2.30. The topological polar surface area (TPSA) is 105 Å². The number of carbonyl (C=O) groups is 1. The fraction of sp³-hybridized carbons (Fsp3) is 0.174. The quantitative estimate of drug-likeness (QED) is 0.521. The van der Waals surface area contributed by atoms with Gasteiger partial charge in [-0.15, -0.1) is 5.10 Å². The number of fused-ring (bicyclic) bond motifs is 1. The van der Waals surface area contributed by atoms with Crippen LogP contribution >= 0.6 is 0 Å². The van der Waals surface area contributed by atoms with Gasteiger partial charge in [0.05, 0.1) is 0 Å². The number of nitriles is 1. The Morgan fingerprint density at radius 1 is 1.19 bits per heavy atom. The van der Waals surface area contributed by atoms with Crippen molar-refractivity contribution in [3.63, 3.8) is 0 Å². The number of anilines is 1. The number of hydrogen-bond donors (Lipinski definition) is 1. The van der Waals surface area contributed by atoms with E-state index in [2.05, 4.69) is 20.4 Å². The summed E-state index contributed by atoms with van der Waals surface area (Å²) in [4.78, 5) is 20.6. The van der Waals surface area contributed by atoms with Gasteiger partial charge in [0.15, 0.2) is 5.65 Å². The molecule has 5 rings (SSSR count). The van der Waals surface area contributed by atoms with Crippen LogP contribution in [0.25, 0.3) is 16.8 Å². The normalized spacial score (nSPS) is 13.0. The number of carbonyl (C=O) groups excluding carboxylic acids is 1. The van der Waals surface area contributed by atoms with Crippen LogP contribution in [0.1, 0.15) is 24.1 Å². The molecule has 1 aliphatic carbocycles. The zero-order valence-electron chi connectivity index (χ0n) is 16.5. The van der Waals surface area contributed by atoms with Crippen LogP contribution in [0.5, 0.6) is 5.75 Å². The maximum atomic E-state index is 12.0. The van der Waals surface area contributed by atoms with E-state index in [1.165, 1.54) is 0 Å². The molecule has 1 amide bonds. The van der Waals surface area contributed by atoms with Gasteiger partial charge >= 0.3 is 0 Å². The number of nitrogens with zero attached hydrogens (tertiary/aromatic N) is 5. The number of benzene rings is 1. The summed E-state index contributed by atoms with van der Waals surface area (Å²) in [7, 11) is 0. The number of amides is 1. The Hall–Kier alpha value is -4.25. The van der Waals surface area contributed by atoms with Crippen LogP contribution < -0.4 is 10.1 Å². The highest BCUT2D eigenvalue weighted by Gasteiger charge is 2.30. The largest absolute Gasteiger partial charge is 0.489 e. The van der Waals surface area contributed by atoms with Gasteiger partial charge in [0.2, 0.25) is 11.9 Å². The fourth-order valence-electron chi connectivity index (χ4n) is 3.22. The number of rotatable bonds is 6. The molecule has 1 N–H and O–H groups in total. The summed E-state index contributed by atoms with van der Waals surface area (Å²) < 4.78 is 7.48. The first kappa shape index (κ1) is 18.8. The van der Waals surface area contributed by atoms with Gasteiger partial charge in [0, 0.05) is 29.4 Å². The van der Waals surface area contributed by atoms with Crippen LogP contribution in [0.2, 0.25) is 0 Å². The van der Waals surface area contributed by atoms with Crippen LogP contribution in [0.4, 0.5) is 5.95 Å². The molecular weight excluding hydrogens is 392 g/mol. The summed E-state index contributed by atoms with van der Waals surface area (Å²) in [6.07, 6.45) is 5.31. The maximum Gasteiger partial charge on any atom is 0.249 e. The Labute approximate surface area is 178 Å². The van der Waals surface area contributed by atoms with Crippen molar-refractivity contribution in [2.24, 2.45) is 5.92 Å². The van der Waals surface area contributed by atoms with E-state index < -0.39 is 0 Å². The SMILES string of the molecule is N#Cc1ccc(COc2ccc(-c3cccn4nc(NC(=O)C5CC5)nc34)cc2)cn1. The van der Waals surface area contributed by atoms with Gasteiger partial charge in [0.1, 0.15) is 24.1 Å². The minimum absolute atomic E-state index is 0.0172. The van der Waals surface area contributed by atoms with Gasteiger partial charge in [-0.05, 0) is 48.7 Å². The maximum absolute atomic E-state index is 12.0. The highest BCUT2D eigenvalue weighted by atomic mass is 16.5. The molecule has 0 radical (unpaired) electrons. The molecule has 0 aliphatic heterocycles. The molecule has 3 heterocycles. The van der Waals surface area contributed by atoms with E-state index in [0.717, 1.165) is 35.3 Å². The van der Waals surface area contributed by atoms with E-state index >= 15 is 0 Å². The highest BCUT2D eigenvalue weighted by molar-refractivity contribution is 5.93. The Balaban J connectivity index is 1.32. The van der Waals surface area contributed by atoms with Crippen LogP contribution in [-0.4, -0.2) is 25.5 Å². The first-order valence-electron chi connectivity index (χ1n) is 9.94. The molecule has 8 nitrogen and oxygen atoms in total. The number of hydrogen-bond acceptors (Lipinski definition) is 6. The second-order valence-electron chi connectivity index (χ2n) is 7.37. The van der Waals surface area contributed by atoms with E-state index in [-0.39, 0.29) is 11.8 Å². The lowest BCUT2D eigenvalue weighted by atomic mass is 10.1. The van der Waals surface area contributed by atoms with Crippen molar-refractivity contribution in [2.45, 2.75) is 19.4 Å². The first-order valence-corrected chi connectivity index (χ1v) is 9.94. The number of ether oxygens (including phenoxy) is 1. The standard InChI is InChI=1S/C23H18N6O2/c24-12-18-8-3-15(13-25-18)14-31-19-9-6-16(7-10-19)20-2-1-11-29-21(20)26-23(28-29)27-22(30)17-4-5-17/h1-3,6-11,13,17H,4-5,14H2,(H,27,28,30). The third-order valence-electron chi connectivity index (χ3n) is 5.06. The van der Waals surface area contributed by atoms with Crippen molar-refractivity contribution in [1.29, 1.82) is 5.26 Å². The van der Waals surface area contributed by atoms with Gasteiger partial charge in [-0.3, -0.25) is 10.1 Å². The Morgan fingerprint density at radius 3 is 2.74 bits per heavy atom. The Kier molecular flexibility index (Phi) is 4.77. The second kappa shape index (κ2) is 7.88. The summed E-state index contributed by atoms with van der Waals surface area (Å²) in [5, 5.41) is 16.0. The molecule has 0 spiro atoms. The molecule has 152 valence electrons. The molecule has 1 saturated carbocycles. The lowest BCUT2D eigenvalue weighted by Crippen LogP contribution is -2.14. The molecule has 4 aromatic rings. The number of aromatic nitrogens is 4. The molecule has 31 heavy (non-hydrogen) atoms. The third kappa shape index (κ3) is 4.07. The summed E-state index contributed by atoms with van der Waals surface area (Å²) >= 11 is 0. The van der Waals surface area contributed by atoms with Gasteiger partial charge in [-0.1, -0.05) is 18.2 Å². The fourth-order valence-corrected chi connectivity index (χ4v) is 3.22. The average molecular weight is 410 g/mol. The summed E-state index contributed by atoms with van der Waals surface area (Å²) in [6, 6.07) is 17.0. The van der Waals surface area contributed by atoms with Crippen LogP contribution in [-0.2, 0) is 11.4 Å². The molecule has 0 saturated heterocycles. The molecule has 8 heteroatoms. The minimum atomic E-state index is -0.0172. The zero-order chi connectivity index (χ0) is 21.2. The minimum Gasteiger partial charge on any atom is -0.489 e. The van der Waals surface area contributed by atoms with Crippen molar-refractivity contribution in [1.82, 2.24) is 19.6 Å². The molecular formula is C23H18N6O2. The van der Waals surface area contributed by atoms with E-state index in [0.29, 0.717) is 23.9 Å². The van der Waals surface area contributed by atoms with Crippen molar-refractivity contribution < 1.29 is 9.53 Å². The van der Waals surface area contributed by atoms with Crippen molar-refractivity contribution in [2.75, 3.05) is 5.32 Å². The predicted molar refractivity (Wildman–Crippen MR) is 113 cm³/mol. The van der Waals surface area contributed by atoms with E-state index in [9.17, 15) is 4.79 Å². The zero-order valence-corrected chi connectivity index (χ0v) is 16.5. The molecule has 3 aromatic heterocycles. The smallest absolute Gasteiger partial charge is 0.249 e. The Bertz CT molecular complexity index is 1280. The lowest BCUT2D eigenvalue weighted by Gasteiger charge is -2.08. The molecule has 1 fully saturated rings. The number of nitrogens with one attached hydrogen (secondary N) is 1. The Morgan fingerprint density at radius 2 is 2.03 bits per heavy atom. The summed E-state index contributed by atoms with van der Waals surface area (Å²) in [6.45, 7) is 0.363. The van der Waals surface area contributed by atoms with Gasteiger partial charge in [0.25, 0.3) is 0 Å². The molecule has 1 aliphatic rings. The van der Waals surface area contributed by atoms with Gasteiger partial charge in [-0.2, -0.15) is 10.2 Å². The van der Waals surface area contributed by atoms with Gasteiger partial charge < -0.3 is 4.74 Å². The van der Waals surface area contributed by atoms with Crippen LogP contribution in [0.15, 0.2) is 60.9 Å². The van der Waals surface area contributed by atoms with Crippen molar-refractivity contribution in [3.05, 3.63) is 72.2 Å². The molecule has 0 unspecified atom stereocenters. The number of pyridine rings is 2. The van der Waals surface area contributed by atoms with Crippen LogP contribution in [0.3, 0.4) is 0 Å².